The van der Waals surface area contributed by atoms with Crippen LogP contribution in [0.2, 0.25) is 5.02 Å². The average Bonchev–Trinajstić information content (AvgIpc) is 3.11. The molecule has 25 heavy (non-hydrogen) atoms. The molecule has 0 aliphatic rings. The van der Waals surface area contributed by atoms with E-state index in [1.165, 1.54) is 21.5 Å². The molecule has 0 unspecified atom stereocenters. The molecule has 2 heterocycles. The Morgan fingerprint density at radius 1 is 1.28 bits per heavy atom. The van der Waals surface area contributed by atoms with Crippen LogP contribution in [0.15, 0.2) is 53.6 Å². The van der Waals surface area contributed by atoms with Gasteiger partial charge in [0.05, 0.1) is 17.1 Å². The molecule has 3 rings (SSSR count). The Kier molecular flexibility index (Phi) is 4.90. The SMILES string of the molecule is O=C(NCCn1nc(-n2cccn2)ccc1=O)c1ccc(F)cc1Cl. The second kappa shape index (κ2) is 7.27. The van der Waals surface area contributed by atoms with Gasteiger partial charge in [-0.1, -0.05) is 11.6 Å². The predicted octanol–water partition coefficient (Wildman–Crippen LogP) is 1.65. The lowest BCUT2D eigenvalue weighted by Gasteiger charge is -2.09. The molecule has 2 aromatic heterocycles. The number of carbonyl (C=O) groups is 1. The molecule has 0 spiro atoms. The maximum atomic E-state index is 13.0. The molecule has 1 N–H and O–H groups in total. The molecular weight excluding hydrogens is 349 g/mol. The molecule has 1 amide bonds. The third kappa shape index (κ3) is 3.92. The maximum absolute atomic E-state index is 13.0. The fourth-order valence-electron chi connectivity index (χ4n) is 2.17. The summed E-state index contributed by atoms with van der Waals surface area (Å²) in [5.41, 5.74) is -0.140. The van der Waals surface area contributed by atoms with Crippen molar-refractivity contribution in [2.75, 3.05) is 6.54 Å². The molecule has 0 fully saturated rings. The van der Waals surface area contributed by atoms with Gasteiger partial charge in [-0.15, -0.1) is 5.10 Å². The van der Waals surface area contributed by atoms with Gasteiger partial charge in [-0.3, -0.25) is 9.59 Å². The van der Waals surface area contributed by atoms with Gasteiger partial charge in [0.25, 0.3) is 11.5 Å². The molecule has 9 heteroatoms. The summed E-state index contributed by atoms with van der Waals surface area (Å²) in [6.45, 7) is 0.320. The van der Waals surface area contributed by atoms with Gasteiger partial charge >= 0.3 is 0 Å². The van der Waals surface area contributed by atoms with Gasteiger partial charge in [0.2, 0.25) is 0 Å². The predicted molar refractivity (Wildman–Crippen MR) is 89.4 cm³/mol. The third-order valence-electron chi connectivity index (χ3n) is 3.38. The van der Waals surface area contributed by atoms with E-state index in [2.05, 4.69) is 15.5 Å². The molecule has 0 radical (unpaired) electrons. The molecule has 0 bridgehead atoms. The Balaban J connectivity index is 1.67. The van der Waals surface area contributed by atoms with E-state index in [0.29, 0.717) is 5.82 Å². The van der Waals surface area contributed by atoms with E-state index >= 15 is 0 Å². The topological polar surface area (TPSA) is 81.8 Å². The Bertz CT molecular complexity index is 955. The molecule has 0 saturated heterocycles. The molecule has 3 aromatic rings. The Labute approximate surface area is 146 Å². The highest BCUT2D eigenvalue weighted by molar-refractivity contribution is 6.33. The van der Waals surface area contributed by atoms with E-state index in [1.54, 1.807) is 24.5 Å². The van der Waals surface area contributed by atoms with E-state index in [-0.39, 0.29) is 29.2 Å². The number of carbonyl (C=O) groups excluding carboxylic acids is 1. The van der Waals surface area contributed by atoms with Crippen LogP contribution in [0, 0.1) is 5.82 Å². The van der Waals surface area contributed by atoms with Crippen LogP contribution in [-0.2, 0) is 6.54 Å². The Hall–Kier alpha value is -3.00. The van der Waals surface area contributed by atoms with Crippen LogP contribution in [0.3, 0.4) is 0 Å². The van der Waals surface area contributed by atoms with Crippen molar-refractivity contribution >= 4 is 17.5 Å². The number of nitrogens with one attached hydrogen (secondary N) is 1. The smallest absolute Gasteiger partial charge is 0.266 e. The quantitative estimate of drug-likeness (QED) is 0.749. The summed E-state index contributed by atoms with van der Waals surface area (Å²) in [4.78, 5) is 23.9. The van der Waals surface area contributed by atoms with Crippen molar-refractivity contribution < 1.29 is 9.18 Å². The first-order valence-corrected chi connectivity index (χ1v) is 7.74. The average molecular weight is 362 g/mol. The Morgan fingerprint density at radius 2 is 2.12 bits per heavy atom. The highest BCUT2D eigenvalue weighted by atomic mass is 35.5. The minimum absolute atomic E-state index is 0.0217. The van der Waals surface area contributed by atoms with Gasteiger partial charge in [0, 0.05) is 25.0 Å². The zero-order valence-electron chi connectivity index (χ0n) is 12.9. The standard InChI is InChI=1S/C16H13ClFN5O2/c17-13-10-11(18)2-3-12(13)16(25)19-7-9-23-15(24)5-4-14(21-23)22-8-1-6-20-22/h1-6,8,10H,7,9H2,(H,19,25). The van der Waals surface area contributed by atoms with Crippen molar-refractivity contribution in [1.29, 1.82) is 0 Å². The minimum atomic E-state index is -0.521. The lowest BCUT2D eigenvalue weighted by Crippen LogP contribution is -2.32. The summed E-state index contributed by atoms with van der Waals surface area (Å²) >= 11 is 5.85. The van der Waals surface area contributed by atoms with Crippen molar-refractivity contribution in [2.45, 2.75) is 6.54 Å². The van der Waals surface area contributed by atoms with Crippen LogP contribution >= 0.6 is 11.6 Å². The van der Waals surface area contributed by atoms with E-state index in [0.717, 1.165) is 12.1 Å². The second-order valence-electron chi connectivity index (χ2n) is 5.08. The fourth-order valence-corrected chi connectivity index (χ4v) is 2.42. The molecule has 1 aromatic carbocycles. The summed E-state index contributed by atoms with van der Waals surface area (Å²) < 4.78 is 15.8. The zero-order valence-corrected chi connectivity index (χ0v) is 13.7. The number of nitrogens with zero attached hydrogens (tertiary/aromatic N) is 4. The largest absolute Gasteiger partial charge is 0.350 e. The molecule has 0 saturated carbocycles. The Morgan fingerprint density at radius 3 is 2.84 bits per heavy atom. The zero-order chi connectivity index (χ0) is 17.8. The van der Waals surface area contributed by atoms with E-state index in [9.17, 15) is 14.0 Å². The minimum Gasteiger partial charge on any atom is -0.350 e. The molecular formula is C16H13ClFN5O2. The van der Waals surface area contributed by atoms with E-state index in [4.69, 9.17) is 11.6 Å². The summed E-state index contributed by atoms with van der Waals surface area (Å²) in [7, 11) is 0. The number of amides is 1. The monoisotopic (exact) mass is 361 g/mol. The highest BCUT2D eigenvalue weighted by Crippen LogP contribution is 2.16. The van der Waals surface area contributed by atoms with Crippen LogP contribution in [-0.4, -0.2) is 32.0 Å². The first-order valence-electron chi connectivity index (χ1n) is 7.36. The van der Waals surface area contributed by atoms with Gasteiger partial charge in [-0.2, -0.15) is 5.10 Å². The second-order valence-corrected chi connectivity index (χ2v) is 5.49. The normalized spacial score (nSPS) is 10.6. The first kappa shape index (κ1) is 16.8. The fraction of sp³-hybridized carbons (Fsp3) is 0.125. The number of hydrogen-bond donors (Lipinski definition) is 1. The summed E-state index contributed by atoms with van der Waals surface area (Å²) in [6.07, 6.45) is 3.30. The summed E-state index contributed by atoms with van der Waals surface area (Å²) in [5.74, 6) is -0.494. The molecule has 7 nitrogen and oxygen atoms in total. The summed E-state index contributed by atoms with van der Waals surface area (Å²) in [5, 5.41) is 10.9. The van der Waals surface area contributed by atoms with Gasteiger partial charge in [-0.05, 0) is 30.3 Å². The number of halogens is 2. The van der Waals surface area contributed by atoms with E-state index < -0.39 is 11.7 Å². The van der Waals surface area contributed by atoms with Crippen molar-refractivity contribution in [3.63, 3.8) is 0 Å². The molecule has 0 aliphatic carbocycles. The van der Waals surface area contributed by atoms with Crippen LogP contribution < -0.4 is 10.9 Å². The van der Waals surface area contributed by atoms with Gasteiger partial charge in [-0.25, -0.2) is 13.8 Å². The van der Waals surface area contributed by atoms with Crippen molar-refractivity contribution in [1.82, 2.24) is 24.9 Å². The summed E-state index contributed by atoms with van der Waals surface area (Å²) in [6, 6.07) is 8.20. The first-order chi connectivity index (χ1) is 12.0. The van der Waals surface area contributed by atoms with Crippen molar-refractivity contribution in [2.24, 2.45) is 0 Å². The molecule has 0 aliphatic heterocycles. The van der Waals surface area contributed by atoms with Gasteiger partial charge in [0.15, 0.2) is 5.82 Å². The van der Waals surface area contributed by atoms with Crippen LogP contribution in [0.4, 0.5) is 4.39 Å². The maximum Gasteiger partial charge on any atom is 0.266 e. The van der Waals surface area contributed by atoms with Crippen LogP contribution in [0.1, 0.15) is 10.4 Å². The van der Waals surface area contributed by atoms with Crippen LogP contribution in [0.5, 0.6) is 0 Å². The molecule has 0 atom stereocenters. The van der Waals surface area contributed by atoms with Crippen molar-refractivity contribution in [3.8, 4) is 5.82 Å². The highest BCUT2D eigenvalue weighted by Gasteiger charge is 2.11. The molecule has 128 valence electrons. The van der Waals surface area contributed by atoms with Crippen molar-refractivity contribution in [3.05, 3.63) is 75.5 Å². The van der Waals surface area contributed by atoms with Gasteiger partial charge in [0.1, 0.15) is 5.82 Å². The van der Waals surface area contributed by atoms with Crippen LogP contribution in [0.25, 0.3) is 5.82 Å². The lowest BCUT2D eigenvalue weighted by molar-refractivity contribution is 0.0952. The van der Waals surface area contributed by atoms with E-state index in [1.807, 2.05) is 0 Å². The lowest BCUT2D eigenvalue weighted by atomic mass is 10.2. The number of benzene rings is 1. The number of rotatable bonds is 5. The number of aromatic nitrogens is 4. The third-order valence-corrected chi connectivity index (χ3v) is 3.69. The van der Waals surface area contributed by atoms with Gasteiger partial charge < -0.3 is 5.32 Å². The number of hydrogen-bond acceptors (Lipinski definition) is 4.